The number of aromatic nitrogens is 2. The van der Waals surface area contributed by atoms with Crippen molar-refractivity contribution in [3.63, 3.8) is 0 Å². The molecule has 2 heterocycles. The Bertz CT molecular complexity index is 783. The number of halogens is 1. The first-order valence-electron chi connectivity index (χ1n) is 9.00. The molecule has 0 radical (unpaired) electrons. The predicted octanol–water partition coefficient (Wildman–Crippen LogP) is 2.32. The third-order valence-corrected chi connectivity index (χ3v) is 5.32. The van der Waals surface area contributed by atoms with Gasteiger partial charge in [-0.05, 0) is 63.4 Å². The van der Waals surface area contributed by atoms with Crippen LogP contribution in [0.3, 0.4) is 0 Å². The highest BCUT2D eigenvalue weighted by Gasteiger charge is 2.31. The van der Waals surface area contributed by atoms with Crippen molar-refractivity contribution in [3.8, 4) is 5.69 Å². The van der Waals surface area contributed by atoms with Crippen LogP contribution in [-0.2, 0) is 12.8 Å². The smallest absolute Gasteiger partial charge is 0.274 e. The third kappa shape index (κ3) is 2.95. The van der Waals surface area contributed by atoms with Crippen LogP contribution in [0.4, 0.5) is 4.39 Å². The van der Waals surface area contributed by atoms with Gasteiger partial charge in [0.1, 0.15) is 5.82 Å². The number of rotatable bonds is 3. The van der Waals surface area contributed by atoms with E-state index in [0.717, 1.165) is 62.1 Å². The Hall–Kier alpha value is -2.21. The first kappa shape index (κ1) is 16.3. The molecule has 1 N–H and O–H groups in total. The number of likely N-dealkylation sites (tertiary alicyclic amines) is 1. The van der Waals surface area contributed by atoms with E-state index < -0.39 is 0 Å². The van der Waals surface area contributed by atoms with Crippen molar-refractivity contribution in [2.75, 3.05) is 20.1 Å². The summed E-state index contributed by atoms with van der Waals surface area (Å²) in [6.07, 6.45) is 4.95. The fourth-order valence-electron chi connectivity index (χ4n) is 3.95. The van der Waals surface area contributed by atoms with Gasteiger partial charge in [0.2, 0.25) is 0 Å². The molecule has 1 fully saturated rings. The molecule has 2 aromatic rings. The van der Waals surface area contributed by atoms with Crippen LogP contribution in [0.2, 0.25) is 0 Å². The highest BCUT2D eigenvalue weighted by atomic mass is 19.1. The fraction of sp³-hybridized carbons (Fsp3) is 0.474. The number of piperidine rings is 1. The van der Waals surface area contributed by atoms with Gasteiger partial charge in [0.25, 0.3) is 5.91 Å². The number of carbonyl (C=O) groups excluding carboxylic acids is 1. The summed E-state index contributed by atoms with van der Waals surface area (Å²) < 4.78 is 15.1. The van der Waals surface area contributed by atoms with Crippen molar-refractivity contribution >= 4 is 5.91 Å². The maximum atomic E-state index is 13.2. The number of nitrogens with one attached hydrogen (secondary N) is 1. The van der Waals surface area contributed by atoms with Crippen molar-refractivity contribution in [2.24, 2.45) is 0 Å². The van der Waals surface area contributed by atoms with Gasteiger partial charge in [0, 0.05) is 30.4 Å². The van der Waals surface area contributed by atoms with E-state index in [-0.39, 0.29) is 11.7 Å². The molecular formula is C19H23FN4O. The number of likely N-dealkylation sites (N-methyl/N-ethyl adjacent to an activating group) is 1. The van der Waals surface area contributed by atoms with Gasteiger partial charge < -0.3 is 10.2 Å². The summed E-state index contributed by atoms with van der Waals surface area (Å²) in [5, 5.41) is 7.91. The minimum atomic E-state index is -0.268. The monoisotopic (exact) mass is 342 g/mol. The zero-order valence-electron chi connectivity index (χ0n) is 14.5. The number of nitrogens with zero attached hydrogens (tertiary/aromatic N) is 3. The predicted molar refractivity (Wildman–Crippen MR) is 93.5 cm³/mol. The molecule has 1 aromatic carbocycles. The lowest BCUT2D eigenvalue weighted by Crippen LogP contribution is -2.47. The van der Waals surface area contributed by atoms with Crippen LogP contribution >= 0.6 is 0 Å². The van der Waals surface area contributed by atoms with Gasteiger partial charge in [-0.25, -0.2) is 9.07 Å². The van der Waals surface area contributed by atoms with Gasteiger partial charge in [-0.15, -0.1) is 0 Å². The molecular weight excluding hydrogens is 319 g/mol. The molecule has 4 rings (SSSR count). The first-order chi connectivity index (χ1) is 12.2. The molecule has 2 aliphatic rings. The average molecular weight is 342 g/mol. The maximum absolute atomic E-state index is 13.2. The highest BCUT2D eigenvalue weighted by molar-refractivity contribution is 5.94. The van der Waals surface area contributed by atoms with E-state index in [1.165, 1.54) is 12.1 Å². The number of amides is 1. The molecule has 1 atom stereocenters. The molecule has 1 aliphatic heterocycles. The molecule has 0 saturated carbocycles. The lowest BCUT2D eigenvalue weighted by molar-refractivity contribution is 0.0690. The molecule has 1 unspecified atom stereocenters. The standard InChI is InChI=1S/C19H23FN4O/c1-21-14-4-3-11-23(12-14)19(25)18-16-5-2-6-17(16)24(22-18)15-9-7-13(20)8-10-15/h7-10,14,21H,2-6,11-12H2,1H3. The minimum absolute atomic E-state index is 0.0268. The fourth-order valence-corrected chi connectivity index (χ4v) is 3.95. The first-order valence-corrected chi connectivity index (χ1v) is 9.00. The third-order valence-electron chi connectivity index (χ3n) is 5.32. The van der Waals surface area contributed by atoms with Crippen LogP contribution in [0.25, 0.3) is 5.69 Å². The van der Waals surface area contributed by atoms with E-state index in [9.17, 15) is 9.18 Å². The van der Waals surface area contributed by atoms with Gasteiger partial charge in [-0.2, -0.15) is 5.10 Å². The summed E-state index contributed by atoms with van der Waals surface area (Å²) >= 11 is 0. The quantitative estimate of drug-likeness (QED) is 0.931. The van der Waals surface area contributed by atoms with Crippen molar-refractivity contribution in [3.05, 3.63) is 47.0 Å². The Morgan fingerprint density at radius 2 is 2.04 bits per heavy atom. The summed E-state index contributed by atoms with van der Waals surface area (Å²) in [5.41, 5.74) is 3.55. The Morgan fingerprint density at radius 1 is 1.24 bits per heavy atom. The number of benzene rings is 1. The average Bonchev–Trinajstić information content (AvgIpc) is 3.24. The van der Waals surface area contributed by atoms with Crippen molar-refractivity contribution in [1.29, 1.82) is 0 Å². The molecule has 0 bridgehead atoms. The van der Waals surface area contributed by atoms with Crippen LogP contribution in [0.5, 0.6) is 0 Å². The van der Waals surface area contributed by atoms with Crippen LogP contribution in [0.15, 0.2) is 24.3 Å². The normalized spacial score (nSPS) is 19.9. The second kappa shape index (κ2) is 6.59. The van der Waals surface area contributed by atoms with Crippen LogP contribution in [0, 0.1) is 5.82 Å². The number of carbonyl (C=O) groups is 1. The van der Waals surface area contributed by atoms with E-state index in [0.29, 0.717) is 11.7 Å². The zero-order chi connectivity index (χ0) is 17.4. The zero-order valence-corrected chi connectivity index (χ0v) is 14.5. The van der Waals surface area contributed by atoms with E-state index >= 15 is 0 Å². The maximum Gasteiger partial charge on any atom is 0.274 e. The van der Waals surface area contributed by atoms with Gasteiger partial charge in [-0.3, -0.25) is 4.79 Å². The van der Waals surface area contributed by atoms with Crippen molar-refractivity contribution < 1.29 is 9.18 Å². The molecule has 1 saturated heterocycles. The van der Waals surface area contributed by atoms with Crippen LogP contribution < -0.4 is 5.32 Å². The molecule has 1 aromatic heterocycles. The van der Waals surface area contributed by atoms with Gasteiger partial charge in [0.05, 0.1) is 5.69 Å². The summed E-state index contributed by atoms with van der Waals surface area (Å²) in [4.78, 5) is 15.0. The number of hydrogen-bond acceptors (Lipinski definition) is 3. The van der Waals surface area contributed by atoms with E-state index in [1.54, 1.807) is 12.1 Å². The Labute approximate surface area is 146 Å². The lowest BCUT2D eigenvalue weighted by atomic mass is 10.0. The minimum Gasteiger partial charge on any atom is -0.336 e. The topological polar surface area (TPSA) is 50.2 Å². The number of fused-ring (bicyclic) bond motifs is 1. The second-order valence-electron chi connectivity index (χ2n) is 6.89. The number of hydrogen-bond donors (Lipinski definition) is 1. The van der Waals surface area contributed by atoms with Crippen LogP contribution in [-0.4, -0.2) is 46.8 Å². The SMILES string of the molecule is CNC1CCCN(C(=O)c2nn(-c3ccc(F)cc3)c3c2CCC3)C1. The summed E-state index contributed by atoms with van der Waals surface area (Å²) in [5.74, 6) is -0.241. The molecule has 6 heteroatoms. The molecule has 0 spiro atoms. The Balaban J connectivity index is 1.67. The van der Waals surface area contributed by atoms with E-state index in [1.807, 2.05) is 16.6 Å². The molecule has 5 nitrogen and oxygen atoms in total. The lowest BCUT2D eigenvalue weighted by Gasteiger charge is -2.32. The van der Waals surface area contributed by atoms with E-state index in [4.69, 9.17) is 0 Å². The molecule has 25 heavy (non-hydrogen) atoms. The summed E-state index contributed by atoms with van der Waals surface area (Å²) in [7, 11) is 1.94. The molecule has 1 aliphatic carbocycles. The van der Waals surface area contributed by atoms with Crippen molar-refractivity contribution in [1.82, 2.24) is 20.0 Å². The van der Waals surface area contributed by atoms with E-state index in [2.05, 4.69) is 10.4 Å². The Kier molecular flexibility index (Phi) is 4.29. The van der Waals surface area contributed by atoms with Crippen molar-refractivity contribution in [2.45, 2.75) is 38.1 Å². The molecule has 1 amide bonds. The van der Waals surface area contributed by atoms with Gasteiger partial charge in [-0.1, -0.05) is 0 Å². The summed E-state index contributed by atoms with van der Waals surface area (Å²) in [6.45, 7) is 1.52. The molecule has 132 valence electrons. The summed E-state index contributed by atoms with van der Waals surface area (Å²) in [6, 6.07) is 6.65. The van der Waals surface area contributed by atoms with Crippen LogP contribution in [0.1, 0.15) is 41.0 Å². The largest absolute Gasteiger partial charge is 0.336 e. The Morgan fingerprint density at radius 3 is 2.80 bits per heavy atom. The highest BCUT2D eigenvalue weighted by Crippen LogP contribution is 2.29. The van der Waals surface area contributed by atoms with Gasteiger partial charge in [0.15, 0.2) is 5.69 Å². The van der Waals surface area contributed by atoms with Gasteiger partial charge >= 0.3 is 0 Å². The second-order valence-corrected chi connectivity index (χ2v) is 6.89.